The van der Waals surface area contributed by atoms with Crippen molar-refractivity contribution in [1.29, 1.82) is 0 Å². The van der Waals surface area contributed by atoms with E-state index in [1.54, 1.807) is 31.2 Å². The minimum atomic E-state index is -4.23. The number of halogens is 1. The molecule has 0 saturated carbocycles. The fourth-order valence-electron chi connectivity index (χ4n) is 3.74. The summed E-state index contributed by atoms with van der Waals surface area (Å²) < 4.78 is 74.5. The van der Waals surface area contributed by atoms with Crippen LogP contribution in [0.4, 0.5) is 21.5 Å². The second-order valence-electron chi connectivity index (χ2n) is 8.66. The van der Waals surface area contributed by atoms with Gasteiger partial charge < -0.3 is 10.1 Å². The smallest absolute Gasteiger partial charge is 0.264 e. The van der Waals surface area contributed by atoms with Gasteiger partial charge in [-0.2, -0.15) is 0 Å². The molecule has 208 valence electrons. The van der Waals surface area contributed by atoms with E-state index in [9.17, 15) is 26.0 Å². The van der Waals surface area contributed by atoms with Crippen LogP contribution in [0.25, 0.3) is 0 Å². The van der Waals surface area contributed by atoms with Crippen LogP contribution in [0, 0.1) is 12.7 Å². The first-order valence-corrected chi connectivity index (χ1v) is 14.8. The summed E-state index contributed by atoms with van der Waals surface area (Å²) >= 11 is 0. The average Bonchev–Trinajstić information content (AvgIpc) is 2.94. The number of methoxy groups -OCH3 is 1. The second kappa shape index (κ2) is 11.8. The molecule has 0 atom stereocenters. The van der Waals surface area contributed by atoms with E-state index in [1.807, 2.05) is 0 Å². The summed E-state index contributed by atoms with van der Waals surface area (Å²) in [5.41, 5.74) is 1.53. The number of nitrogens with one attached hydrogen (secondary N) is 2. The molecule has 0 fully saturated rings. The van der Waals surface area contributed by atoms with Crippen molar-refractivity contribution in [2.24, 2.45) is 0 Å². The fourth-order valence-corrected chi connectivity index (χ4v) is 6.29. The Morgan fingerprint density at radius 2 is 1.43 bits per heavy atom. The van der Waals surface area contributed by atoms with E-state index < -0.39 is 38.3 Å². The molecule has 0 aliphatic carbocycles. The van der Waals surface area contributed by atoms with Gasteiger partial charge in [-0.05, 0) is 91.3 Å². The van der Waals surface area contributed by atoms with Gasteiger partial charge >= 0.3 is 0 Å². The lowest BCUT2D eigenvalue weighted by Crippen LogP contribution is -2.38. The molecule has 4 rings (SSSR count). The molecule has 0 radical (unpaired) electrons. The molecule has 0 spiro atoms. The van der Waals surface area contributed by atoms with Crippen molar-refractivity contribution in [1.82, 2.24) is 0 Å². The third kappa shape index (κ3) is 6.58. The minimum Gasteiger partial charge on any atom is -0.497 e. The van der Waals surface area contributed by atoms with E-state index in [-0.39, 0.29) is 21.2 Å². The lowest BCUT2D eigenvalue weighted by atomic mass is 10.2. The Balaban J connectivity index is 1.53. The first kappa shape index (κ1) is 28.6. The van der Waals surface area contributed by atoms with Gasteiger partial charge in [-0.15, -0.1) is 0 Å². The maximum absolute atomic E-state index is 13.6. The van der Waals surface area contributed by atoms with Gasteiger partial charge in [0, 0.05) is 5.69 Å². The van der Waals surface area contributed by atoms with Crippen LogP contribution in [0.2, 0.25) is 0 Å². The molecule has 2 N–H and O–H groups in total. The first-order chi connectivity index (χ1) is 19.0. The number of benzene rings is 4. The molecular weight excluding hydrogens is 557 g/mol. The van der Waals surface area contributed by atoms with Gasteiger partial charge in [-0.1, -0.05) is 18.2 Å². The molecule has 0 unspecified atom stereocenters. The van der Waals surface area contributed by atoms with Gasteiger partial charge in [0.05, 0.1) is 28.3 Å². The second-order valence-corrected chi connectivity index (χ2v) is 12.2. The van der Waals surface area contributed by atoms with E-state index in [0.29, 0.717) is 11.4 Å². The summed E-state index contributed by atoms with van der Waals surface area (Å²) in [5, 5.41) is 2.58. The van der Waals surface area contributed by atoms with E-state index in [2.05, 4.69) is 10.0 Å². The first-order valence-electron chi connectivity index (χ1n) is 11.9. The molecule has 0 aromatic heterocycles. The van der Waals surface area contributed by atoms with Gasteiger partial charge in [0.25, 0.3) is 20.0 Å². The molecule has 0 heterocycles. The van der Waals surface area contributed by atoms with Crippen molar-refractivity contribution < 1.29 is 30.8 Å². The fraction of sp³-hybridized carbons (Fsp3) is 0.107. The van der Waals surface area contributed by atoms with E-state index >= 15 is 0 Å². The van der Waals surface area contributed by atoms with Crippen LogP contribution in [0.1, 0.15) is 5.56 Å². The predicted octanol–water partition coefficient (Wildman–Crippen LogP) is 4.78. The number of hydrogen-bond acceptors (Lipinski definition) is 6. The number of amides is 1. The maximum Gasteiger partial charge on any atom is 0.264 e. The summed E-state index contributed by atoms with van der Waals surface area (Å²) in [6, 6.07) is 22.7. The number of aryl methyl sites for hydroxylation is 1. The molecule has 4 aromatic rings. The monoisotopic (exact) mass is 583 g/mol. The zero-order valence-corrected chi connectivity index (χ0v) is 23.2. The largest absolute Gasteiger partial charge is 0.497 e. The van der Waals surface area contributed by atoms with Crippen LogP contribution in [-0.2, 0) is 24.8 Å². The summed E-state index contributed by atoms with van der Waals surface area (Å²) in [4.78, 5) is 12.8. The maximum atomic E-state index is 13.6. The number of hydrogen-bond donors (Lipinski definition) is 2. The number of sulfonamides is 2. The quantitative estimate of drug-likeness (QED) is 0.277. The normalized spacial score (nSPS) is 11.5. The molecule has 4 aromatic carbocycles. The Labute approximate surface area is 232 Å². The highest BCUT2D eigenvalue weighted by molar-refractivity contribution is 7.93. The van der Waals surface area contributed by atoms with Crippen molar-refractivity contribution >= 4 is 43.0 Å². The zero-order valence-electron chi connectivity index (χ0n) is 21.5. The van der Waals surface area contributed by atoms with E-state index in [1.165, 1.54) is 67.8 Å². The van der Waals surface area contributed by atoms with Crippen molar-refractivity contribution in [3.8, 4) is 5.75 Å². The summed E-state index contributed by atoms with van der Waals surface area (Å²) in [5.74, 6) is -0.818. The van der Waals surface area contributed by atoms with Crippen LogP contribution >= 0.6 is 0 Å². The molecule has 0 aliphatic heterocycles. The van der Waals surface area contributed by atoms with Gasteiger partial charge in [0.15, 0.2) is 0 Å². The number of carbonyl (C=O) groups is 1. The summed E-state index contributed by atoms with van der Waals surface area (Å²) in [6.45, 7) is 1.15. The minimum absolute atomic E-state index is 0.0243. The number of ether oxygens (including phenoxy) is 1. The Morgan fingerprint density at radius 1 is 0.825 bits per heavy atom. The molecule has 0 saturated heterocycles. The molecule has 1 amide bonds. The SMILES string of the molecule is COc1ccc(S(=O)(=O)N(CC(=O)Nc2ccc(S(=O)(=O)Nc3ccccc3C)cc2)c2ccc(F)cc2)cc1. The predicted molar refractivity (Wildman–Crippen MR) is 151 cm³/mol. The lowest BCUT2D eigenvalue weighted by Gasteiger charge is -2.24. The summed E-state index contributed by atoms with van der Waals surface area (Å²) in [6.07, 6.45) is 0. The van der Waals surface area contributed by atoms with Crippen LogP contribution in [0.3, 0.4) is 0 Å². The number of anilines is 3. The van der Waals surface area contributed by atoms with Crippen LogP contribution in [0.15, 0.2) is 107 Å². The third-order valence-corrected chi connectivity index (χ3v) is 9.06. The van der Waals surface area contributed by atoms with Crippen LogP contribution in [-0.4, -0.2) is 36.4 Å². The Bertz CT molecular complexity index is 1710. The standard InChI is InChI=1S/C28H26FN3O6S2/c1-20-5-3-4-6-27(20)31-39(34,35)25-15-9-22(10-16-25)30-28(33)19-32(23-11-7-21(29)8-12-23)40(36,37)26-17-13-24(38-2)14-18-26/h3-18,31H,19H2,1-2H3,(H,30,33). The topological polar surface area (TPSA) is 122 Å². The van der Waals surface area contributed by atoms with Crippen molar-refractivity contribution in [3.05, 3.63) is 108 Å². The van der Waals surface area contributed by atoms with Crippen LogP contribution < -0.4 is 19.1 Å². The highest BCUT2D eigenvalue weighted by atomic mass is 32.2. The van der Waals surface area contributed by atoms with Gasteiger partial charge in [0.2, 0.25) is 5.91 Å². The Hall–Kier alpha value is -4.42. The van der Waals surface area contributed by atoms with E-state index in [0.717, 1.165) is 22.0 Å². The van der Waals surface area contributed by atoms with Gasteiger partial charge in [-0.25, -0.2) is 21.2 Å². The van der Waals surface area contributed by atoms with Crippen LogP contribution in [0.5, 0.6) is 5.75 Å². The van der Waals surface area contributed by atoms with Gasteiger partial charge in [-0.3, -0.25) is 13.8 Å². The Morgan fingerprint density at radius 3 is 2.02 bits per heavy atom. The third-order valence-electron chi connectivity index (χ3n) is 5.89. The number of carbonyl (C=O) groups excluding carboxylic acids is 1. The summed E-state index contributed by atoms with van der Waals surface area (Å²) in [7, 11) is -6.67. The molecule has 0 aliphatic rings. The van der Waals surface area contributed by atoms with E-state index in [4.69, 9.17) is 4.74 Å². The number of rotatable bonds is 10. The molecule has 9 nitrogen and oxygen atoms in total. The van der Waals surface area contributed by atoms with Crippen molar-refractivity contribution in [2.75, 3.05) is 28.0 Å². The lowest BCUT2D eigenvalue weighted by molar-refractivity contribution is -0.114. The number of para-hydroxylation sites is 1. The molecule has 0 bridgehead atoms. The highest BCUT2D eigenvalue weighted by Crippen LogP contribution is 2.26. The zero-order chi connectivity index (χ0) is 28.9. The average molecular weight is 584 g/mol. The molecule has 12 heteroatoms. The molecular formula is C28H26FN3O6S2. The number of nitrogens with zero attached hydrogens (tertiary/aromatic N) is 1. The van der Waals surface area contributed by atoms with Crippen molar-refractivity contribution in [3.63, 3.8) is 0 Å². The Kier molecular flexibility index (Phi) is 8.40. The van der Waals surface area contributed by atoms with Crippen molar-refractivity contribution in [2.45, 2.75) is 16.7 Å². The van der Waals surface area contributed by atoms with Gasteiger partial charge in [0.1, 0.15) is 18.1 Å². The molecule has 40 heavy (non-hydrogen) atoms. The highest BCUT2D eigenvalue weighted by Gasteiger charge is 2.27.